The third-order valence-electron chi connectivity index (χ3n) is 4.08. The average molecular weight is 265 g/mol. The Kier molecular flexibility index (Phi) is 5.40. The fourth-order valence-corrected chi connectivity index (χ4v) is 3.11. The molecule has 0 bridgehead atoms. The number of carbonyl (C=O) groups excluding carboxylic acids is 1. The molecule has 1 unspecified atom stereocenters. The van der Waals surface area contributed by atoms with Crippen LogP contribution >= 0.6 is 0 Å². The highest BCUT2D eigenvalue weighted by atomic mass is 16.2. The van der Waals surface area contributed by atoms with Crippen LogP contribution in [0.15, 0.2) is 11.8 Å². The summed E-state index contributed by atoms with van der Waals surface area (Å²) in [5, 5.41) is 3.48. The maximum absolute atomic E-state index is 12.4. The summed E-state index contributed by atoms with van der Waals surface area (Å²) in [4.78, 5) is 16.5. The highest BCUT2D eigenvalue weighted by Gasteiger charge is 2.21. The monoisotopic (exact) mass is 265 g/mol. The molecule has 4 heteroatoms. The van der Waals surface area contributed by atoms with Gasteiger partial charge in [-0.15, -0.1) is 0 Å². The number of amides is 1. The molecule has 0 aromatic heterocycles. The second-order valence-corrected chi connectivity index (χ2v) is 5.72. The molecule has 0 radical (unpaired) electrons. The molecule has 0 saturated carbocycles. The standard InChI is InChI=1S/C15H27N3O/c1-3-18(14-8-4-5-9-14)15(19)12-17(2)11-13-7-6-10-16-13/h8,13,16H,3-7,9-12H2,1-2H3. The van der Waals surface area contributed by atoms with Gasteiger partial charge in [0, 0.05) is 24.8 Å². The van der Waals surface area contributed by atoms with Crippen molar-refractivity contribution in [3.05, 3.63) is 11.8 Å². The fourth-order valence-electron chi connectivity index (χ4n) is 3.11. The number of carbonyl (C=O) groups is 1. The van der Waals surface area contributed by atoms with Gasteiger partial charge in [-0.05, 0) is 52.6 Å². The smallest absolute Gasteiger partial charge is 0.240 e. The largest absolute Gasteiger partial charge is 0.316 e. The SMILES string of the molecule is CCN(C(=O)CN(C)CC1CCCN1)C1=CCCC1. The Morgan fingerprint density at radius 2 is 2.32 bits per heavy atom. The van der Waals surface area contributed by atoms with E-state index >= 15 is 0 Å². The van der Waals surface area contributed by atoms with E-state index in [2.05, 4.69) is 30.3 Å². The van der Waals surface area contributed by atoms with E-state index in [0.29, 0.717) is 12.6 Å². The van der Waals surface area contributed by atoms with Crippen molar-refractivity contribution in [3.63, 3.8) is 0 Å². The summed E-state index contributed by atoms with van der Waals surface area (Å²) < 4.78 is 0. The van der Waals surface area contributed by atoms with Gasteiger partial charge in [0.05, 0.1) is 6.54 Å². The zero-order valence-corrected chi connectivity index (χ0v) is 12.3. The van der Waals surface area contributed by atoms with Crippen LogP contribution in [0.4, 0.5) is 0 Å². The molecule has 1 aliphatic carbocycles. The molecular formula is C15H27N3O. The van der Waals surface area contributed by atoms with Gasteiger partial charge in [-0.3, -0.25) is 9.69 Å². The van der Waals surface area contributed by atoms with Crippen molar-refractivity contribution in [1.29, 1.82) is 0 Å². The maximum atomic E-state index is 12.4. The first kappa shape index (κ1) is 14.5. The highest BCUT2D eigenvalue weighted by Crippen LogP contribution is 2.21. The third kappa shape index (κ3) is 4.05. The molecule has 1 saturated heterocycles. The predicted octanol–water partition coefficient (Wildman–Crippen LogP) is 1.59. The Hall–Kier alpha value is -0.870. The second kappa shape index (κ2) is 7.06. The predicted molar refractivity (Wildman–Crippen MR) is 77.8 cm³/mol. The molecule has 1 aliphatic heterocycles. The summed E-state index contributed by atoms with van der Waals surface area (Å²) in [7, 11) is 2.05. The van der Waals surface area contributed by atoms with Gasteiger partial charge in [-0.1, -0.05) is 6.08 Å². The van der Waals surface area contributed by atoms with Crippen LogP contribution in [-0.4, -0.2) is 55.0 Å². The quantitative estimate of drug-likeness (QED) is 0.792. The van der Waals surface area contributed by atoms with E-state index in [1.54, 1.807) is 0 Å². The minimum atomic E-state index is 0.246. The van der Waals surface area contributed by atoms with Crippen molar-refractivity contribution >= 4 is 5.91 Å². The first-order chi connectivity index (χ1) is 9.20. The Morgan fingerprint density at radius 1 is 1.47 bits per heavy atom. The van der Waals surface area contributed by atoms with E-state index in [1.165, 1.54) is 25.0 Å². The van der Waals surface area contributed by atoms with Crippen molar-refractivity contribution in [2.24, 2.45) is 0 Å². The van der Waals surface area contributed by atoms with Gasteiger partial charge < -0.3 is 10.2 Å². The van der Waals surface area contributed by atoms with Gasteiger partial charge in [-0.25, -0.2) is 0 Å². The molecule has 1 amide bonds. The van der Waals surface area contributed by atoms with Crippen LogP contribution in [0.3, 0.4) is 0 Å². The Balaban J connectivity index is 1.80. The molecule has 1 heterocycles. The number of nitrogens with one attached hydrogen (secondary N) is 1. The molecule has 1 N–H and O–H groups in total. The van der Waals surface area contributed by atoms with Crippen molar-refractivity contribution in [3.8, 4) is 0 Å². The average Bonchev–Trinajstić information content (AvgIpc) is 3.02. The van der Waals surface area contributed by atoms with Gasteiger partial charge in [-0.2, -0.15) is 0 Å². The van der Waals surface area contributed by atoms with Gasteiger partial charge >= 0.3 is 0 Å². The molecule has 0 spiro atoms. The second-order valence-electron chi connectivity index (χ2n) is 5.72. The lowest BCUT2D eigenvalue weighted by Crippen LogP contribution is -2.42. The number of rotatable bonds is 6. The Morgan fingerprint density at radius 3 is 2.89 bits per heavy atom. The van der Waals surface area contributed by atoms with Crippen LogP contribution in [0.25, 0.3) is 0 Å². The number of allylic oxidation sites excluding steroid dienone is 2. The lowest BCUT2D eigenvalue weighted by molar-refractivity contribution is -0.130. The van der Waals surface area contributed by atoms with Crippen molar-refractivity contribution in [2.75, 3.05) is 33.2 Å². The van der Waals surface area contributed by atoms with E-state index in [-0.39, 0.29) is 5.91 Å². The van der Waals surface area contributed by atoms with Crippen LogP contribution < -0.4 is 5.32 Å². The number of likely N-dealkylation sites (N-methyl/N-ethyl adjacent to an activating group) is 2. The number of hydrogen-bond donors (Lipinski definition) is 1. The van der Waals surface area contributed by atoms with E-state index in [4.69, 9.17) is 0 Å². The fraction of sp³-hybridized carbons (Fsp3) is 0.800. The van der Waals surface area contributed by atoms with E-state index < -0.39 is 0 Å². The topological polar surface area (TPSA) is 35.6 Å². The lowest BCUT2D eigenvalue weighted by atomic mass is 10.2. The Labute approximate surface area is 116 Å². The molecule has 0 aromatic rings. The van der Waals surface area contributed by atoms with Crippen LogP contribution in [0.2, 0.25) is 0 Å². The van der Waals surface area contributed by atoms with Gasteiger partial charge in [0.25, 0.3) is 0 Å². The van der Waals surface area contributed by atoms with Crippen LogP contribution in [-0.2, 0) is 4.79 Å². The normalized spacial score (nSPS) is 22.9. The maximum Gasteiger partial charge on any atom is 0.240 e. The van der Waals surface area contributed by atoms with Crippen molar-refractivity contribution in [1.82, 2.24) is 15.1 Å². The molecule has 2 rings (SSSR count). The van der Waals surface area contributed by atoms with Gasteiger partial charge in [0.1, 0.15) is 0 Å². The molecule has 1 atom stereocenters. The number of nitrogens with zero attached hydrogens (tertiary/aromatic N) is 2. The summed E-state index contributed by atoms with van der Waals surface area (Å²) in [6.07, 6.45) is 8.11. The molecule has 108 valence electrons. The molecule has 2 aliphatic rings. The molecule has 19 heavy (non-hydrogen) atoms. The summed E-state index contributed by atoms with van der Waals surface area (Å²) in [5.41, 5.74) is 1.24. The highest BCUT2D eigenvalue weighted by molar-refractivity contribution is 5.80. The third-order valence-corrected chi connectivity index (χ3v) is 4.08. The zero-order valence-electron chi connectivity index (χ0n) is 12.3. The molecule has 0 aromatic carbocycles. The zero-order chi connectivity index (χ0) is 13.7. The first-order valence-electron chi connectivity index (χ1n) is 7.62. The minimum Gasteiger partial charge on any atom is -0.316 e. The lowest BCUT2D eigenvalue weighted by Gasteiger charge is -2.26. The number of hydrogen-bond acceptors (Lipinski definition) is 3. The van der Waals surface area contributed by atoms with Crippen LogP contribution in [0.1, 0.15) is 39.0 Å². The molecular weight excluding hydrogens is 238 g/mol. The molecule has 4 nitrogen and oxygen atoms in total. The summed E-state index contributed by atoms with van der Waals surface area (Å²) in [5.74, 6) is 0.246. The van der Waals surface area contributed by atoms with Crippen molar-refractivity contribution in [2.45, 2.75) is 45.1 Å². The van der Waals surface area contributed by atoms with Crippen LogP contribution in [0.5, 0.6) is 0 Å². The minimum absolute atomic E-state index is 0.246. The summed E-state index contributed by atoms with van der Waals surface area (Å²) in [6.45, 7) is 5.49. The molecule has 1 fully saturated rings. The van der Waals surface area contributed by atoms with Crippen LogP contribution in [0, 0.1) is 0 Å². The van der Waals surface area contributed by atoms with E-state index in [1.807, 2.05) is 4.90 Å². The first-order valence-corrected chi connectivity index (χ1v) is 7.62. The summed E-state index contributed by atoms with van der Waals surface area (Å²) >= 11 is 0. The summed E-state index contributed by atoms with van der Waals surface area (Å²) in [6, 6.07) is 0.568. The van der Waals surface area contributed by atoms with E-state index in [0.717, 1.165) is 32.5 Å². The Bertz CT molecular complexity index is 334. The van der Waals surface area contributed by atoms with Gasteiger partial charge in [0.15, 0.2) is 0 Å². The van der Waals surface area contributed by atoms with Crippen molar-refractivity contribution < 1.29 is 4.79 Å². The van der Waals surface area contributed by atoms with E-state index in [9.17, 15) is 4.79 Å². The van der Waals surface area contributed by atoms with Gasteiger partial charge in [0.2, 0.25) is 5.91 Å².